The number of hydrogen-bond donors (Lipinski definition) is 0. The van der Waals surface area contributed by atoms with Crippen molar-refractivity contribution in [2.75, 3.05) is 7.11 Å². The number of rotatable bonds is 3. The Labute approximate surface area is 175 Å². The number of hydrogen-bond acceptors (Lipinski definition) is 5. The van der Waals surface area contributed by atoms with Crippen molar-refractivity contribution in [1.82, 2.24) is 0 Å². The average Bonchev–Trinajstić information content (AvgIpc) is 2.95. The molecule has 2 aromatic carbocycles. The van der Waals surface area contributed by atoms with E-state index in [0.29, 0.717) is 0 Å². The molecule has 11 heteroatoms. The van der Waals surface area contributed by atoms with Crippen molar-refractivity contribution in [1.29, 1.82) is 0 Å². The standard InChI is InChI=1S/C17H17ClNOS.CHF3O3S/c1-4-19-11(2)21-15-10-9-14(20-3)16(17(15)19)12-7-5-6-8-13(12)18;2-1(3,4)8(5,6)7/h5-10H,4H2,1-3H3;(H,5,6,7)/q+1;/p-1. The zero-order chi connectivity index (χ0) is 22.0. The Balaban J connectivity index is 0.000000321. The van der Waals surface area contributed by atoms with E-state index >= 15 is 0 Å². The summed E-state index contributed by atoms with van der Waals surface area (Å²) in [5.74, 6) is 0.857. The fourth-order valence-corrected chi connectivity index (χ4v) is 4.07. The molecule has 0 saturated carbocycles. The minimum absolute atomic E-state index is 0.745. The van der Waals surface area contributed by atoms with Crippen LogP contribution in [0.4, 0.5) is 13.2 Å². The Morgan fingerprint density at radius 1 is 1.21 bits per heavy atom. The van der Waals surface area contributed by atoms with E-state index in [1.54, 1.807) is 18.4 Å². The van der Waals surface area contributed by atoms with Gasteiger partial charge in [-0.15, -0.1) is 0 Å². The maximum Gasteiger partial charge on any atom is 0.485 e. The Morgan fingerprint density at radius 3 is 2.28 bits per heavy atom. The van der Waals surface area contributed by atoms with Crippen LogP contribution >= 0.6 is 22.9 Å². The second kappa shape index (κ2) is 8.86. The number of methoxy groups -OCH3 is 1. The van der Waals surface area contributed by atoms with Crippen molar-refractivity contribution in [2.45, 2.75) is 25.9 Å². The van der Waals surface area contributed by atoms with E-state index in [1.807, 2.05) is 30.3 Å². The molecular formula is C18H17ClF3NO4S2. The second-order valence-electron chi connectivity index (χ2n) is 5.73. The van der Waals surface area contributed by atoms with Crippen LogP contribution in [0.2, 0.25) is 5.02 Å². The summed E-state index contributed by atoms with van der Waals surface area (Å²) in [6.07, 6.45) is 0. The average molecular weight is 468 g/mol. The van der Waals surface area contributed by atoms with Crippen LogP contribution < -0.4 is 9.30 Å². The lowest BCUT2D eigenvalue weighted by Gasteiger charge is -2.10. The van der Waals surface area contributed by atoms with E-state index in [4.69, 9.17) is 29.3 Å². The molecule has 0 aliphatic carbocycles. The van der Waals surface area contributed by atoms with Gasteiger partial charge in [-0.2, -0.15) is 17.7 Å². The van der Waals surface area contributed by atoms with Gasteiger partial charge in [0.05, 0.1) is 12.7 Å². The first-order valence-electron chi connectivity index (χ1n) is 8.19. The predicted octanol–water partition coefficient (Wildman–Crippen LogP) is 4.90. The molecule has 0 bridgehead atoms. The van der Waals surface area contributed by atoms with Gasteiger partial charge in [-0.05, 0) is 25.1 Å². The van der Waals surface area contributed by atoms with Crippen LogP contribution in [-0.4, -0.2) is 25.6 Å². The van der Waals surface area contributed by atoms with E-state index in [9.17, 15) is 13.2 Å². The summed E-state index contributed by atoms with van der Waals surface area (Å²) in [6, 6.07) is 12.1. The molecule has 0 atom stereocenters. The number of thiazole rings is 1. The number of aryl methyl sites for hydroxylation is 2. The highest BCUT2D eigenvalue weighted by Gasteiger charge is 2.36. The van der Waals surface area contributed by atoms with Gasteiger partial charge in [-0.1, -0.05) is 41.1 Å². The van der Waals surface area contributed by atoms with Crippen molar-refractivity contribution >= 4 is 43.3 Å². The summed E-state index contributed by atoms with van der Waals surface area (Å²) in [6.45, 7) is 5.24. The Kier molecular flexibility index (Phi) is 7.15. The molecule has 3 aromatic rings. The van der Waals surface area contributed by atoms with Crippen molar-refractivity contribution < 1.29 is 35.4 Å². The SMILES string of the molecule is CC[n+]1c(C)sc2ccc(OC)c(-c3ccccc3Cl)c21.O=S(=O)([O-])C(F)(F)F. The number of halogens is 4. The van der Waals surface area contributed by atoms with Crippen LogP contribution in [0.15, 0.2) is 36.4 Å². The van der Waals surface area contributed by atoms with Crippen LogP contribution in [0.5, 0.6) is 5.75 Å². The number of nitrogens with zero attached hydrogens (tertiary/aromatic N) is 1. The molecule has 1 heterocycles. The van der Waals surface area contributed by atoms with Gasteiger partial charge in [0.1, 0.15) is 17.0 Å². The third kappa shape index (κ3) is 5.00. The Bertz CT molecular complexity index is 1130. The fraction of sp³-hybridized carbons (Fsp3) is 0.278. The third-order valence-electron chi connectivity index (χ3n) is 3.97. The van der Waals surface area contributed by atoms with Crippen molar-refractivity contribution in [3.05, 3.63) is 46.4 Å². The van der Waals surface area contributed by atoms with Crippen LogP contribution in [0.1, 0.15) is 11.9 Å². The molecule has 0 aliphatic rings. The van der Waals surface area contributed by atoms with Crippen LogP contribution in [0.25, 0.3) is 21.3 Å². The van der Waals surface area contributed by atoms with E-state index in [2.05, 4.69) is 24.5 Å². The fourth-order valence-electron chi connectivity index (χ4n) is 2.75. The highest BCUT2D eigenvalue weighted by atomic mass is 35.5. The van der Waals surface area contributed by atoms with Gasteiger partial charge in [0, 0.05) is 17.5 Å². The molecule has 0 spiro atoms. The van der Waals surface area contributed by atoms with Gasteiger partial charge in [-0.3, -0.25) is 0 Å². The quantitative estimate of drug-likeness (QED) is 0.312. The number of benzene rings is 2. The molecule has 0 saturated heterocycles. The molecule has 0 N–H and O–H groups in total. The van der Waals surface area contributed by atoms with Gasteiger partial charge in [0.25, 0.3) is 0 Å². The van der Waals surface area contributed by atoms with Gasteiger partial charge < -0.3 is 9.29 Å². The van der Waals surface area contributed by atoms with Gasteiger partial charge in [0.2, 0.25) is 10.5 Å². The van der Waals surface area contributed by atoms with Crippen molar-refractivity contribution in [3.8, 4) is 16.9 Å². The molecule has 0 aliphatic heterocycles. The monoisotopic (exact) mass is 467 g/mol. The molecule has 0 radical (unpaired) electrons. The van der Waals surface area contributed by atoms with Gasteiger partial charge in [0.15, 0.2) is 10.1 Å². The van der Waals surface area contributed by atoms with Gasteiger partial charge >= 0.3 is 5.51 Å². The molecule has 0 unspecified atom stereocenters. The first-order chi connectivity index (χ1) is 13.4. The summed E-state index contributed by atoms with van der Waals surface area (Å²) in [4.78, 5) is 0. The molecule has 3 rings (SSSR count). The summed E-state index contributed by atoms with van der Waals surface area (Å²) < 4.78 is 68.1. The molecular weight excluding hydrogens is 451 g/mol. The molecule has 0 amide bonds. The first-order valence-corrected chi connectivity index (χ1v) is 10.8. The molecule has 0 fully saturated rings. The third-order valence-corrected chi connectivity index (χ3v) is 5.93. The number of ether oxygens (including phenoxy) is 1. The van der Waals surface area contributed by atoms with Gasteiger partial charge in [-0.25, -0.2) is 8.42 Å². The molecule has 1 aromatic heterocycles. The summed E-state index contributed by atoms with van der Waals surface area (Å²) in [5.41, 5.74) is -2.35. The van der Waals surface area contributed by atoms with Crippen molar-refractivity contribution in [3.63, 3.8) is 0 Å². The largest absolute Gasteiger partial charge is 0.741 e. The Morgan fingerprint density at radius 2 is 1.79 bits per heavy atom. The first kappa shape index (κ1) is 23.4. The number of aromatic nitrogens is 1. The highest BCUT2D eigenvalue weighted by molar-refractivity contribution is 7.86. The summed E-state index contributed by atoms with van der Waals surface area (Å²) in [5, 5.41) is 2.03. The maximum absolute atomic E-state index is 10.7. The number of fused-ring (bicyclic) bond motifs is 1. The minimum atomic E-state index is -6.09. The summed E-state index contributed by atoms with van der Waals surface area (Å²) in [7, 11) is -4.38. The normalized spacial score (nSPS) is 11.9. The topological polar surface area (TPSA) is 70.3 Å². The molecule has 29 heavy (non-hydrogen) atoms. The van der Waals surface area contributed by atoms with Crippen LogP contribution in [-0.2, 0) is 16.7 Å². The molecule has 5 nitrogen and oxygen atoms in total. The minimum Gasteiger partial charge on any atom is -0.741 e. The molecule has 158 valence electrons. The zero-order valence-electron chi connectivity index (χ0n) is 15.6. The van der Waals surface area contributed by atoms with E-state index < -0.39 is 15.6 Å². The lowest BCUT2D eigenvalue weighted by atomic mass is 10.0. The zero-order valence-corrected chi connectivity index (χ0v) is 18.0. The lowest BCUT2D eigenvalue weighted by molar-refractivity contribution is -0.669. The summed E-state index contributed by atoms with van der Waals surface area (Å²) >= 11 is 8.23. The lowest BCUT2D eigenvalue weighted by Crippen LogP contribution is -2.33. The van der Waals surface area contributed by atoms with E-state index in [0.717, 1.165) is 28.4 Å². The maximum atomic E-state index is 10.7. The highest BCUT2D eigenvalue weighted by Crippen LogP contribution is 2.40. The predicted molar refractivity (Wildman–Crippen MR) is 105 cm³/mol. The van der Waals surface area contributed by atoms with E-state index in [1.165, 1.54) is 15.2 Å². The number of alkyl halides is 3. The van der Waals surface area contributed by atoms with Crippen molar-refractivity contribution in [2.24, 2.45) is 0 Å². The van der Waals surface area contributed by atoms with Crippen LogP contribution in [0, 0.1) is 6.92 Å². The van der Waals surface area contributed by atoms with Crippen LogP contribution in [0.3, 0.4) is 0 Å². The van der Waals surface area contributed by atoms with E-state index in [-0.39, 0.29) is 0 Å². The smallest absolute Gasteiger partial charge is 0.485 e. The second-order valence-corrected chi connectivity index (χ2v) is 8.75. The Hall–Kier alpha value is -1.88.